The van der Waals surface area contributed by atoms with E-state index in [2.05, 4.69) is 15.5 Å². The van der Waals surface area contributed by atoms with Crippen molar-refractivity contribution < 1.29 is 23.1 Å². The molecule has 1 aliphatic heterocycles. The van der Waals surface area contributed by atoms with Crippen LogP contribution in [0.25, 0.3) is 0 Å². The lowest BCUT2D eigenvalue weighted by Gasteiger charge is -2.18. The molecule has 110 valence electrons. The maximum absolute atomic E-state index is 12.3. The monoisotopic (exact) mass is 320 g/mol. The Hall–Kier alpha value is -1.59. The van der Waals surface area contributed by atoms with E-state index >= 15 is 0 Å². The second kappa shape index (κ2) is 5.42. The topological polar surface area (TPSA) is 130 Å². The van der Waals surface area contributed by atoms with Crippen molar-refractivity contribution in [1.82, 2.24) is 14.5 Å². The van der Waals surface area contributed by atoms with E-state index in [-0.39, 0.29) is 22.4 Å². The summed E-state index contributed by atoms with van der Waals surface area (Å²) in [6, 6.07) is -1.08. The minimum absolute atomic E-state index is 0.0575. The summed E-state index contributed by atoms with van der Waals surface area (Å²) in [7, 11) is -4.00. The van der Waals surface area contributed by atoms with E-state index in [1.807, 2.05) is 0 Å². The molecule has 11 heteroatoms. The van der Waals surface area contributed by atoms with Gasteiger partial charge in [-0.1, -0.05) is 11.3 Å². The molecular weight excluding hydrogens is 308 g/mol. The Balaban J connectivity index is 2.28. The van der Waals surface area contributed by atoms with Crippen molar-refractivity contribution in [2.45, 2.75) is 30.1 Å². The lowest BCUT2D eigenvalue weighted by molar-refractivity contribution is -0.140. The zero-order chi connectivity index (χ0) is 14.9. The van der Waals surface area contributed by atoms with Gasteiger partial charge in [0.15, 0.2) is 0 Å². The van der Waals surface area contributed by atoms with Crippen molar-refractivity contribution in [2.24, 2.45) is 0 Å². The van der Waals surface area contributed by atoms with Crippen molar-refractivity contribution >= 4 is 38.4 Å². The summed E-state index contributed by atoms with van der Waals surface area (Å²) in [5.41, 5.74) is 0. The van der Waals surface area contributed by atoms with Crippen molar-refractivity contribution in [3.63, 3.8) is 0 Å². The Labute approximate surface area is 118 Å². The van der Waals surface area contributed by atoms with Gasteiger partial charge in [0.1, 0.15) is 6.04 Å². The molecular formula is C9H12N4O5S2. The first-order valence-corrected chi connectivity index (χ1v) is 7.94. The Kier molecular flexibility index (Phi) is 4.01. The van der Waals surface area contributed by atoms with Crippen LogP contribution in [0.3, 0.4) is 0 Å². The summed E-state index contributed by atoms with van der Waals surface area (Å²) < 4.78 is 25.2. The van der Waals surface area contributed by atoms with Crippen LogP contribution in [-0.4, -0.2) is 52.5 Å². The summed E-state index contributed by atoms with van der Waals surface area (Å²) in [4.78, 5) is 21.9. The predicted molar refractivity (Wildman–Crippen MR) is 68.8 cm³/mol. The van der Waals surface area contributed by atoms with Crippen molar-refractivity contribution in [3.8, 4) is 0 Å². The van der Waals surface area contributed by atoms with Crippen LogP contribution >= 0.6 is 11.3 Å². The van der Waals surface area contributed by atoms with Crippen LogP contribution in [0, 0.1) is 0 Å². The first kappa shape index (κ1) is 14.8. The molecule has 1 atom stereocenters. The number of aromatic nitrogens is 2. The van der Waals surface area contributed by atoms with E-state index in [0.717, 1.165) is 4.31 Å². The largest absolute Gasteiger partial charge is 0.480 e. The number of nitrogens with zero attached hydrogens (tertiary/aromatic N) is 3. The standard InChI is InChI=1S/C9H12N4O5S2/c1-5(14)10-8-11-12-9(19-8)20(17,18)13-4-2-3-6(13)7(15)16/h6H,2-4H2,1H3,(H,15,16)(H,10,11,14). The number of anilines is 1. The Morgan fingerprint density at radius 2 is 2.15 bits per heavy atom. The molecule has 1 amide bonds. The minimum atomic E-state index is -4.00. The molecule has 2 rings (SSSR count). The van der Waals surface area contributed by atoms with Crippen LogP contribution in [0.2, 0.25) is 0 Å². The van der Waals surface area contributed by atoms with Crippen molar-refractivity contribution in [3.05, 3.63) is 0 Å². The van der Waals surface area contributed by atoms with Gasteiger partial charge in [-0.05, 0) is 12.8 Å². The van der Waals surface area contributed by atoms with E-state index in [1.165, 1.54) is 6.92 Å². The third kappa shape index (κ3) is 2.78. The highest BCUT2D eigenvalue weighted by molar-refractivity contribution is 7.91. The minimum Gasteiger partial charge on any atom is -0.480 e. The van der Waals surface area contributed by atoms with Gasteiger partial charge in [-0.25, -0.2) is 8.42 Å². The summed E-state index contributed by atoms with van der Waals surface area (Å²) >= 11 is 0.692. The maximum atomic E-state index is 12.3. The highest BCUT2D eigenvalue weighted by Gasteiger charge is 2.41. The van der Waals surface area contributed by atoms with Crippen LogP contribution in [-0.2, 0) is 19.6 Å². The lowest BCUT2D eigenvalue weighted by atomic mass is 10.2. The molecule has 1 aromatic heterocycles. The smallest absolute Gasteiger partial charge is 0.322 e. The van der Waals surface area contributed by atoms with E-state index in [1.54, 1.807) is 0 Å². The fourth-order valence-corrected chi connectivity index (χ4v) is 4.60. The number of carboxylic acids is 1. The number of aliphatic carboxylic acids is 1. The van der Waals surface area contributed by atoms with Gasteiger partial charge >= 0.3 is 5.97 Å². The second-order valence-electron chi connectivity index (χ2n) is 4.17. The molecule has 9 nitrogen and oxygen atoms in total. The van der Waals surface area contributed by atoms with Gasteiger partial charge in [-0.2, -0.15) is 4.31 Å². The summed E-state index contributed by atoms with van der Waals surface area (Å²) in [5.74, 6) is -1.58. The molecule has 20 heavy (non-hydrogen) atoms. The van der Waals surface area contributed by atoms with Crippen molar-refractivity contribution in [2.75, 3.05) is 11.9 Å². The number of hydrogen-bond donors (Lipinski definition) is 2. The van der Waals surface area contributed by atoms with E-state index in [4.69, 9.17) is 5.11 Å². The SMILES string of the molecule is CC(=O)Nc1nnc(S(=O)(=O)N2CCCC2C(=O)O)s1. The lowest BCUT2D eigenvalue weighted by Crippen LogP contribution is -2.40. The number of amides is 1. The van der Waals surface area contributed by atoms with Gasteiger partial charge in [0.05, 0.1) is 0 Å². The molecule has 1 aliphatic rings. The molecule has 0 radical (unpaired) electrons. The highest BCUT2D eigenvalue weighted by atomic mass is 32.2. The maximum Gasteiger partial charge on any atom is 0.322 e. The van der Waals surface area contributed by atoms with Gasteiger partial charge in [0.25, 0.3) is 10.0 Å². The number of sulfonamides is 1. The van der Waals surface area contributed by atoms with E-state index < -0.39 is 27.9 Å². The number of rotatable bonds is 4. The predicted octanol–water partition coefficient (Wildman–Crippen LogP) is -0.266. The van der Waals surface area contributed by atoms with Crippen LogP contribution in [0.1, 0.15) is 19.8 Å². The number of nitrogens with one attached hydrogen (secondary N) is 1. The van der Waals surface area contributed by atoms with Gasteiger partial charge in [-0.15, -0.1) is 10.2 Å². The zero-order valence-electron chi connectivity index (χ0n) is 10.4. The molecule has 1 aromatic rings. The van der Waals surface area contributed by atoms with Crippen molar-refractivity contribution in [1.29, 1.82) is 0 Å². The van der Waals surface area contributed by atoms with Gasteiger partial charge < -0.3 is 10.4 Å². The molecule has 1 fully saturated rings. The van der Waals surface area contributed by atoms with Gasteiger partial charge in [-0.3, -0.25) is 9.59 Å². The average molecular weight is 320 g/mol. The normalized spacial score (nSPS) is 19.9. The summed E-state index contributed by atoms with van der Waals surface area (Å²) in [5, 5.41) is 18.5. The van der Waals surface area contributed by atoms with Gasteiger partial charge in [0, 0.05) is 13.5 Å². The Bertz CT molecular complexity index is 641. The summed E-state index contributed by atoms with van der Waals surface area (Å²) in [6.45, 7) is 1.39. The Morgan fingerprint density at radius 3 is 2.75 bits per heavy atom. The average Bonchev–Trinajstić information content (AvgIpc) is 2.95. The first-order chi connectivity index (χ1) is 9.32. The van der Waals surface area contributed by atoms with Gasteiger partial charge in [0.2, 0.25) is 15.4 Å². The molecule has 0 saturated carbocycles. The molecule has 0 spiro atoms. The second-order valence-corrected chi connectivity index (χ2v) is 7.21. The van der Waals surface area contributed by atoms with E-state index in [0.29, 0.717) is 17.8 Å². The molecule has 1 saturated heterocycles. The van der Waals surface area contributed by atoms with Crippen LogP contribution < -0.4 is 5.32 Å². The first-order valence-electron chi connectivity index (χ1n) is 5.68. The number of hydrogen-bond acceptors (Lipinski definition) is 7. The van der Waals surface area contributed by atoms with E-state index in [9.17, 15) is 18.0 Å². The molecule has 2 N–H and O–H groups in total. The van der Waals surface area contributed by atoms with Crippen LogP contribution in [0.5, 0.6) is 0 Å². The highest BCUT2D eigenvalue weighted by Crippen LogP contribution is 2.29. The molecule has 2 heterocycles. The molecule has 0 aromatic carbocycles. The molecule has 0 aliphatic carbocycles. The summed E-state index contributed by atoms with van der Waals surface area (Å²) in [6.07, 6.45) is 0.749. The molecule has 0 bridgehead atoms. The van der Waals surface area contributed by atoms with Crippen LogP contribution in [0.15, 0.2) is 4.34 Å². The van der Waals surface area contributed by atoms with Crippen LogP contribution in [0.4, 0.5) is 5.13 Å². The number of carbonyl (C=O) groups excluding carboxylic acids is 1. The fraction of sp³-hybridized carbons (Fsp3) is 0.556. The third-order valence-electron chi connectivity index (χ3n) is 2.71. The zero-order valence-corrected chi connectivity index (χ0v) is 12.1. The number of carboxylic acid groups (broad SMARTS) is 1. The fourth-order valence-electron chi connectivity index (χ4n) is 1.89. The third-order valence-corrected chi connectivity index (χ3v) is 5.80. The molecule has 1 unspecified atom stereocenters. The quantitative estimate of drug-likeness (QED) is 0.731. The Morgan fingerprint density at radius 1 is 1.45 bits per heavy atom. The number of carbonyl (C=O) groups is 2.